The van der Waals surface area contributed by atoms with Crippen LogP contribution in [0.4, 0.5) is 0 Å². The van der Waals surface area contributed by atoms with Crippen LogP contribution in [0.15, 0.2) is 34.9 Å². The van der Waals surface area contributed by atoms with Gasteiger partial charge in [0.1, 0.15) is 0 Å². The summed E-state index contributed by atoms with van der Waals surface area (Å²) in [5.41, 5.74) is 1.07. The van der Waals surface area contributed by atoms with Gasteiger partial charge >= 0.3 is 0 Å². The Morgan fingerprint density at radius 3 is 2.70 bits per heavy atom. The number of nitrogens with zero attached hydrogens (tertiary/aromatic N) is 1. The number of nitrogens with one attached hydrogen (secondary N) is 2. The van der Waals surface area contributed by atoms with Gasteiger partial charge in [-0.15, -0.1) is 12.4 Å². The van der Waals surface area contributed by atoms with Gasteiger partial charge in [-0.05, 0) is 24.3 Å². The van der Waals surface area contributed by atoms with Crippen molar-refractivity contribution in [2.45, 2.75) is 0 Å². The molecule has 1 amide bonds. The van der Waals surface area contributed by atoms with Gasteiger partial charge in [0.25, 0.3) is 5.91 Å². The number of ether oxygens (including phenoxy) is 1. The largest absolute Gasteiger partial charge is 0.383 e. The lowest BCUT2D eigenvalue weighted by atomic mass is 10.1. The Morgan fingerprint density at radius 1 is 1.26 bits per heavy atom. The van der Waals surface area contributed by atoms with Gasteiger partial charge in [-0.2, -0.15) is 0 Å². The minimum atomic E-state index is -0.266. The lowest BCUT2D eigenvalue weighted by Crippen LogP contribution is -2.33. The van der Waals surface area contributed by atoms with Crippen molar-refractivity contribution >= 4 is 29.9 Å². The van der Waals surface area contributed by atoms with Crippen LogP contribution in [-0.2, 0) is 4.74 Å². The number of rotatable bonds is 8. The molecule has 0 radical (unpaired) electrons. The minimum Gasteiger partial charge on any atom is -0.383 e. The number of benzene rings is 1. The highest BCUT2D eigenvalue weighted by Gasteiger charge is 2.13. The summed E-state index contributed by atoms with van der Waals surface area (Å²) in [6.07, 6.45) is 0. The Kier molecular flexibility index (Phi) is 8.65. The fraction of sp³-hybridized carbons (Fsp3) is 0.333. The van der Waals surface area contributed by atoms with Crippen LogP contribution in [-0.4, -0.2) is 44.4 Å². The second-order valence-corrected chi connectivity index (χ2v) is 5.02. The summed E-state index contributed by atoms with van der Waals surface area (Å²) in [6, 6.07) is 8.74. The monoisotopic (exact) mass is 359 g/mol. The van der Waals surface area contributed by atoms with E-state index in [-0.39, 0.29) is 24.0 Å². The lowest BCUT2D eigenvalue weighted by molar-refractivity contribution is 0.0944. The van der Waals surface area contributed by atoms with Crippen molar-refractivity contribution in [3.63, 3.8) is 0 Å². The van der Waals surface area contributed by atoms with Crippen LogP contribution in [0, 0.1) is 0 Å². The first-order valence-corrected chi connectivity index (χ1v) is 7.29. The van der Waals surface area contributed by atoms with E-state index in [0.29, 0.717) is 30.5 Å². The van der Waals surface area contributed by atoms with Crippen molar-refractivity contribution in [3.8, 4) is 11.3 Å². The van der Waals surface area contributed by atoms with E-state index in [1.165, 1.54) is 0 Å². The molecule has 0 atom stereocenters. The predicted molar refractivity (Wildman–Crippen MR) is 91.3 cm³/mol. The summed E-state index contributed by atoms with van der Waals surface area (Å²) < 4.78 is 10.1. The van der Waals surface area contributed by atoms with Crippen LogP contribution in [0.25, 0.3) is 11.3 Å². The molecule has 1 aromatic heterocycles. The fourth-order valence-electron chi connectivity index (χ4n) is 1.79. The maximum absolute atomic E-state index is 11.9. The number of carbonyl (C=O) groups excluding carboxylic acids is 1. The maximum Gasteiger partial charge on any atom is 0.273 e. The Labute approximate surface area is 145 Å². The highest BCUT2D eigenvalue weighted by molar-refractivity contribution is 6.30. The molecule has 0 aliphatic carbocycles. The topological polar surface area (TPSA) is 76.4 Å². The summed E-state index contributed by atoms with van der Waals surface area (Å²) in [5, 5.41) is 10.3. The Bertz CT molecular complexity index is 602. The molecule has 0 aliphatic rings. The quantitative estimate of drug-likeness (QED) is 0.707. The Morgan fingerprint density at radius 2 is 2.00 bits per heavy atom. The van der Waals surface area contributed by atoms with Gasteiger partial charge in [0.2, 0.25) is 0 Å². The number of halogens is 2. The second-order valence-electron chi connectivity index (χ2n) is 4.58. The molecule has 2 aromatic rings. The zero-order valence-electron chi connectivity index (χ0n) is 12.7. The number of methoxy groups -OCH3 is 1. The average molecular weight is 360 g/mol. The smallest absolute Gasteiger partial charge is 0.273 e. The summed E-state index contributed by atoms with van der Waals surface area (Å²) in [4.78, 5) is 11.9. The molecule has 0 fully saturated rings. The first-order valence-electron chi connectivity index (χ1n) is 6.91. The van der Waals surface area contributed by atoms with Gasteiger partial charge in [-0.1, -0.05) is 16.8 Å². The molecule has 8 heteroatoms. The third kappa shape index (κ3) is 6.19. The number of amides is 1. The number of hydrogen-bond acceptors (Lipinski definition) is 5. The number of carbonyl (C=O) groups is 1. The van der Waals surface area contributed by atoms with E-state index in [2.05, 4.69) is 15.8 Å². The molecule has 0 saturated heterocycles. The summed E-state index contributed by atoms with van der Waals surface area (Å²) in [5.74, 6) is 0.262. The third-order valence-corrected chi connectivity index (χ3v) is 3.19. The van der Waals surface area contributed by atoms with Gasteiger partial charge in [-0.25, -0.2) is 0 Å². The highest BCUT2D eigenvalue weighted by Crippen LogP contribution is 2.22. The van der Waals surface area contributed by atoms with E-state index in [9.17, 15) is 4.79 Å². The van der Waals surface area contributed by atoms with E-state index >= 15 is 0 Å². The van der Waals surface area contributed by atoms with Gasteiger partial charge in [0, 0.05) is 43.4 Å². The lowest BCUT2D eigenvalue weighted by Gasteiger charge is -2.04. The molecule has 1 heterocycles. The van der Waals surface area contributed by atoms with Crippen LogP contribution in [0.1, 0.15) is 10.5 Å². The zero-order valence-corrected chi connectivity index (χ0v) is 14.2. The number of hydrogen-bond donors (Lipinski definition) is 2. The van der Waals surface area contributed by atoms with Crippen molar-refractivity contribution in [1.82, 2.24) is 15.8 Å². The summed E-state index contributed by atoms with van der Waals surface area (Å²) in [6.45, 7) is 2.56. The molecule has 0 unspecified atom stereocenters. The Balaban J connectivity index is 0.00000264. The van der Waals surface area contributed by atoms with Crippen molar-refractivity contribution in [2.24, 2.45) is 0 Å². The average Bonchev–Trinajstić information content (AvgIpc) is 3.01. The first-order chi connectivity index (χ1) is 10.7. The van der Waals surface area contributed by atoms with E-state index in [1.807, 2.05) is 12.1 Å². The minimum absolute atomic E-state index is 0. The molecular formula is C15H19Cl2N3O3. The van der Waals surface area contributed by atoms with Gasteiger partial charge in [0.15, 0.2) is 11.5 Å². The Hall–Kier alpha value is -1.60. The molecule has 0 aliphatic heterocycles. The predicted octanol–water partition coefficient (Wildman–Crippen LogP) is 2.38. The van der Waals surface area contributed by atoms with E-state index in [0.717, 1.165) is 12.1 Å². The van der Waals surface area contributed by atoms with Gasteiger partial charge in [-0.3, -0.25) is 4.79 Å². The molecular weight excluding hydrogens is 341 g/mol. The van der Waals surface area contributed by atoms with Crippen molar-refractivity contribution in [2.75, 3.05) is 33.4 Å². The molecule has 2 rings (SSSR count). The zero-order chi connectivity index (χ0) is 15.8. The standard InChI is InChI=1S/C15H18ClN3O3.ClH/c1-21-9-8-17-6-7-18-15(20)13-10-14(22-19-13)11-2-4-12(16)5-3-11;/h2-5,10,17H,6-9H2,1H3,(H,18,20);1H. The molecule has 6 nitrogen and oxygen atoms in total. The summed E-state index contributed by atoms with van der Waals surface area (Å²) >= 11 is 5.83. The second kappa shape index (κ2) is 10.2. The first kappa shape index (κ1) is 19.4. The van der Waals surface area contributed by atoms with Crippen molar-refractivity contribution in [3.05, 3.63) is 41.0 Å². The van der Waals surface area contributed by atoms with Crippen molar-refractivity contribution in [1.29, 1.82) is 0 Å². The SMILES string of the molecule is COCCNCCNC(=O)c1cc(-c2ccc(Cl)cc2)on1.Cl. The van der Waals surface area contributed by atoms with Crippen LogP contribution < -0.4 is 10.6 Å². The van der Waals surface area contributed by atoms with Gasteiger partial charge in [0.05, 0.1) is 6.61 Å². The van der Waals surface area contributed by atoms with E-state index in [1.54, 1.807) is 25.3 Å². The highest BCUT2D eigenvalue weighted by atomic mass is 35.5. The number of aromatic nitrogens is 1. The molecule has 23 heavy (non-hydrogen) atoms. The van der Waals surface area contributed by atoms with Crippen LogP contribution in [0.2, 0.25) is 5.02 Å². The van der Waals surface area contributed by atoms with E-state index in [4.69, 9.17) is 20.9 Å². The maximum atomic E-state index is 11.9. The third-order valence-electron chi connectivity index (χ3n) is 2.94. The van der Waals surface area contributed by atoms with Crippen molar-refractivity contribution < 1.29 is 14.1 Å². The van der Waals surface area contributed by atoms with Gasteiger partial charge < -0.3 is 19.9 Å². The molecule has 0 bridgehead atoms. The molecule has 2 N–H and O–H groups in total. The molecule has 1 aromatic carbocycles. The van der Waals surface area contributed by atoms with Crippen LogP contribution in [0.3, 0.4) is 0 Å². The fourth-order valence-corrected chi connectivity index (χ4v) is 1.91. The molecule has 0 spiro atoms. The normalized spacial score (nSPS) is 10.2. The van der Waals surface area contributed by atoms with E-state index < -0.39 is 0 Å². The van der Waals surface area contributed by atoms with Crippen LogP contribution in [0.5, 0.6) is 0 Å². The van der Waals surface area contributed by atoms with Crippen LogP contribution >= 0.6 is 24.0 Å². The molecule has 126 valence electrons. The molecule has 0 saturated carbocycles. The summed E-state index contributed by atoms with van der Waals surface area (Å²) in [7, 11) is 1.65.